The average molecular weight is 620 g/mol. The van der Waals surface area contributed by atoms with Gasteiger partial charge < -0.3 is 34.4 Å². The van der Waals surface area contributed by atoms with Crippen molar-refractivity contribution in [1.29, 1.82) is 0 Å². The topological polar surface area (TPSA) is 149 Å². The zero-order valence-electron chi connectivity index (χ0n) is 24.4. The highest BCUT2D eigenvalue weighted by Gasteiger charge is 2.27. The number of benzene rings is 2. The molecule has 0 bridgehead atoms. The van der Waals surface area contributed by atoms with Crippen molar-refractivity contribution in [3.63, 3.8) is 0 Å². The summed E-state index contributed by atoms with van der Waals surface area (Å²) in [4.78, 5) is 40.8. The monoisotopic (exact) mass is 619 g/mol. The first-order valence-corrected chi connectivity index (χ1v) is 13.7. The number of oxazole rings is 1. The van der Waals surface area contributed by atoms with Crippen LogP contribution in [0.4, 0.5) is 18.0 Å². The molecule has 1 saturated carbocycles. The third-order valence-corrected chi connectivity index (χ3v) is 6.31. The highest BCUT2D eigenvalue weighted by molar-refractivity contribution is 5.96. The number of alkyl halides is 2. The number of carbonyl (C=O) groups excluding carboxylic acids is 2. The minimum atomic E-state index is -3.07. The van der Waals surface area contributed by atoms with Crippen LogP contribution in [0, 0.1) is 11.7 Å². The number of aromatic carboxylic acids is 1. The molecule has 1 atom stereocenters. The number of nitrogens with one attached hydrogen (secondary N) is 2. The fourth-order valence-corrected chi connectivity index (χ4v) is 4.03. The lowest BCUT2D eigenvalue weighted by atomic mass is 10.1. The number of carbonyl (C=O) groups is 3. The molecule has 0 aliphatic heterocycles. The Hall–Kier alpha value is -4.75. The second-order valence-corrected chi connectivity index (χ2v) is 11.2. The van der Waals surface area contributed by atoms with Crippen molar-refractivity contribution in [2.75, 3.05) is 6.61 Å². The summed E-state index contributed by atoms with van der Waals surface area (Å²) in [5.41, 5.74) is -1.02. The lowest BCUT2D eigenvalue weighted by molar-refractivity contribution is -0.0515. The Morgan fingerprint density at radius 3 is 2.45 bits per heavy atom. The molecule has 1 fully saturated rings. The number of hydrogen-bond donors (Lipinski definition) is 3. The van der Waals surface area contributed by atoms with Crippen molar-refractivity contribution in [2.24, 2.45) is 5.92 Å². The Bertz CT molecular complexity index is 1530. The maximum absolute atomic E-state index is 14.5. The molecule has 236 valence electrons. The van der Waals surface area contributed by atoms with Crippen LogP contribution in [0.15, 0.2) is 40.8 Å². The molecular weight excluding hydrogens is 587 g/mol. The predicted molar refractivity (Wildman–Crippen MR) is 149 cm³/mol. The third-order valence-electron chi connectivity index (χ3n) is 6.31. The van der Waals surface area contributed by atoms with Gasteiger partial charge in [0.2, 0.25) is 5.89 Å². The Morgan fingerprint density at radius 1 is 1.11 bits per heavy atom. The summed E-state index contributed by atoms with van der Waals surface area (Å²) in [6, 6.07) is 6.21. The molecule has 44 heavy (non-hydrogen) atoms. The number of halogens is 3. The number of rotatable bonds is 12. The zero-order valence-corrected chi connectivity index (χ0v) is 24.4. The van der Waals surface area contributed by atoms with E-state index in [1.807, 2.05) is 0 Å². The van der Waals surface area contributed by atoms with E-state index in [1.165, 1.54) is 18.2 Å². The van der Waals surface area contributed by atoms with Gasteiger partial charge in [-0.15, -0.1) is 0 Å². The van der Waals surface area contributed by atoms with Crippen LogP contribution in [0.3, 0.4) is 0 Å². The second kappa shape index (κ2) is 13.3. The number of carboxylic acid groups (broad SMARTS) is 1. The molecule has 0 radical (unpaired) electrons. The SMILES string of the molecule is CC(NC(=O)OC(C)(C)C)c1oc(-c2ccc(OC(F)F)c(OCC3CC3)c2)nc1CNC(=O)c1ccc(C(=O)O)cc1F. The molecule has 2 aromatic carbocycles. The summed E-state index contributed by atoms with van der Waals surface area (Å²) in [6.07, 6.45) is 1.20. The molecule has 2 amide bonds. The number of amides is 2. The standard InChI is InChI=1S/C30H32F3N3O8/c1-15(35-29(40)44-30(2,3)4)24-21(13-34-25(37)19-9-7-18(27(38)39)11-20(19)31)36-26(43-24)17-8-10-22(42-28(32)33)23(12-17)41-14-16-5-6-16/h7-12,15-16,28H,5-6,13-14H2,1-4H3,(H,34,37)(H,35,40)(H,38,39). The fraction of sp³-hybridized carbons (Fsp3) is 0.400. The Morgan fingerprint density at radius 2 is 1.84 bits per heavy atom. The number of ether oxygens (including phenoxy) is 3. The van der Waals surface area contributed by atoms with Crippen LogP contribution >= 0.6 is 0 Å². The Kier molecular flexibility index (Phi) is 9.70. The van der Waals surface area contributed by atoms with Crippen LogP contribution in [0.1, 0.15) is 78.7 Å². The summed E-state index contributed by atoms with van der Waals surface area (Å²) >= 11 is 0. The molecular formula is C30H32F3N3O8. The van der Waals surface area contributed by atoms with E-state index in [0.29, 0.717) is 18.1 Å². The summed E-state index contributed by atoms with van der Waals surface area (Å²) in [7, 11) is 0. The number of carboxylic acids is 1. The smallest absolute Gasteiger partial charge is 0.408 e. The average Bonchev–Trinajstić information content (AvgIpc) is 3.66. The summed E-state index contributed by atoms with van der Waals surface area (Å²) in [6.45, 7) is 3.63. The summed E-state index contributed by atoms with van der Waals surface area (Å²) in [5.74, 6) is -2.88. The van der Waals surface area contributed by atoms with Gasteiger partial charge in [-0.1, -0.05) is 0 Å². The third kappa shape index (κ3) is 8.64. The zero-order chi connectivity index (χ0) is 32.2. The van der Waals surface area contributed by atoms with E-state index in [-0.39, 0.29) is 41.0 Å². The van der Waals surface area contributed by atoms with E-state index in [1.54, 1.807) is 27.7 Å². The number of alkyl carbamates (subject to hydrolysis) is 1. The lowest BCUT2D eigenvalue weighted by Crippen LogP contribution is -2.34. The van der Waals surface area contributed by atoms with Gasteiger partial charge in [0.05, 0.1) is 30.3 Å². The predicted octanol–water partition coefficient (Wildman–Crippen LogP) is 6.08. The molecule has 0 spiro atoms. The van der Waals surface area contributed by atoms with E-state index in [2.05, 4.69) is 20.4 Å². The highest BCUT2D eigenvalue weighted by atomic mass is 19.3. The second-order valence-electron chi connectivity index (χ2n) is 11.2. The van der Waals surface area contributed by atoms with Gasteiger partial charge in [0.25, 0.3) is 5.91 Å². The van der Waals surface area contributed by atoms with E-state index in [0.717, 1.165) is 31.0 Å². The van der Waals surface area contributed by atoms with Gasteiger partial charge in [-0.3, -0.25) is 4.79 Å². The minimum absolute atomic E-state index is 0.0129. The molecule has 11 nitrogen and oxygen atoms in total. The highest BCUT2D eigenvalue weighted by Crippen LogP contribution is 2.37. The number of nitrogens with zero attached hydrogens (tertiary/aromatic N) is 1. The maximum atomic E-state index is 14.5. The van der Waals surface area contributed by atoms with Crippen molar-refractivity contribution in [3.8, 4) is 23.0 Å². The first kappa shape index (κ1) is 32.2. The van der Waals surface area contributed by atoms with Crippen LogP contribution in [-0.2, 0) is 11.3 Å². The largest absolute Gasteiger partial charge is 0.489 e. The molecule has 1 aliphatic carbocycles. The lowest BCUT2D eigenvalue weighted by Gasteiger charge is -2.21. The maximum Gasteiger partial charge on any atom is 0.408 e. The van der Waals surface area contributed by atoms with E-state index in [4.69, 9.17) is 19.0 Å². The first-order valence-electron chi connectivity index (χ1n) is 13.7. The van der Waals surface area contributed by atoms with Crippen molar-refractivity contribution in [3.05, 3.63) is 64.8 Å². The summed E-state index contributed by atoms with van der Waals surface area (Å²) in [5, 5.41) is 14.2. The van der Waals surface area contributed by atoms with Gasteiger partial charge in [-0.25, -0.2) is 19.0 Å². The van der Waals surface area contributed by atoms with Gasteiger partial charge in [0.15, 0.2) is 17.3 Å². The Labute approximate surface area is 250 Å². The van der Waals surface area contributed by atoms with E-state index < -0.39 is 47.6 Å². The molecule has 1 aromatic heterocycles. The minimum Gasteiger partial charge on any atom is -0.489 e. The molecule has 3 aromatic rings. The Balaban J connectivity index is 1.62. The molecule has 3 N–H and O–H groups in total. The number of aromatic nitrogens is 1. The van der Waals surface area contributed by atoms with Gasteiger partial charge in [-0.05, 0) is 82.9 Å². The van der Waals surface area contributed by atoms with Crippen LogP contribution in [0.5, 0.6) is 11.5 Å². The van der Waals surface area contributed by atoms with Crippen LogP contribution in [0.25, 0.3) is 11.5 Å². The molecule has 1 heterocycles. The molecule has 0 saturated heterocycles. The number of hydrogen-bond acceptors (Lipinski definition) is 8. The molecule has 1 unspecified atom stereocenters. The van der Waals surface area contributed by atoms with Crippen LogP contribution in [-0.4, -0.2) is 46.9 Å². The van der Waals surface area contributed by atoms with E-state index in [9.17, 15) is 27.6 Å². The quantitative estimate of drug-likeness (QED) is 0.219. The van der Waals surface area contributed by atoms with Crippen molar-refractivity contribution >= 4 is 18.0 Å². The van der Waals surface area contributed by atoms with Gasteiger partial charge in [0.1, 0.15) is 17.1 Å². The van der Waals surface area contributed by atoms with Gasteiger partial charge in [0, 0.05) is 5.56 Å². The normalized spacial score (nSPS) is 13.7. The van der Waals surface area contributed by atoms with Gasteiger partial charge in [-0.2, -0.15) is 8.78 Å². The van der Waals surface area contributed by atoms with Crippen LogP contribution in [0.2, 0.25) is 0 Å². The van der Waals surface area contributed by atoms with Crippen molar-refractivity contribution in [1.82, 2.24) is 15.6 Å². The van der Waals surface area contributed by atoms with Crippen molar-refractivity contribution in [2.45, 2.75) is 65.3 Å². The molecule has 1 aliphatic rings. The molecule has 14 heteroatoms. The fourth-order valence-electron chi connectivity index (χ4n) is 4.03. The molecule has 4 rings (SSSR count). The first-order chi connectivity index (χ1) is 20.7. The van der Waals surface area contributed by atoms with Crippen LogP contribution < -0.4 is 20.1 Å². The summed E-state index contributed by atoms with van der Waals surface area (Å²) < 4.78 is 62.1. The van der Waals surface area contributed by atoms with Gasteiger partial charge >= 0.3 is 18.7 Å². The van der Waals surface area contributed by atoms with Crippen molar-refractivity contribution < 1.29 is 51.3 Å². The van der Waals surface area contributed by atoms with E-state index >= 15 is 0 Å².